The van der Waals surface area contributed by atoms with E-state index in [4.69, 9.17) is 41.5 Å². The van der Waals surface area contributed by atoms with Crippen molar-refractivity contribution in [3.63, 3.8) is 0 Å². The number of nitrogens with two attached hydrogens (primary N) is 1. The molecule has 0 radical (unpaired) electrons. The summed E-state index contributed by atoms with van der Waals surface area (Å²) in [6, 6.07) is 15.4. The molecule has 1 amide bonds. The maximum atomic E-state index is 16.9. The second-order valence-corrected chi connectivity index (χ2v) is 21.9. The minimum absolute atomic E-state index is 0.000748. The summed E-state index contributed by atoms with van der Waals surface area (Å²) < 4.78 is 50.8. The number of esters is 1. The number of rotatable bonds is 11. The minimum Gasteiger partial charge on any atom is -0.486 e. The number of hydrogen-bond acceptors (Lipinski definition) is 16. The first-order valence-corrected chi connectivity index (χ1v) is 29.0. The smallest absolute Gasteiger partial charge is 0.340 e. The molecule has 3 fully saturated rings. The lowest BCUT2D eigenvalue weighted by atomic mass is 9.95. The number of amides is 1. The Hall–Kier alpha value is -7.75. The van der Waals surface area contributed by atoms with Crippen LogP contribution in [0.2, 0.25) is 5.02 Å². The van der Waals surface area contributed by atoms with Crippen molar-refractivity contribution in [1.29, 1.82) is 10.5 Å². The number of fused-ring (bicyclic) bond motifs is 8. The lowest BCUT2D eigenvalue weighted by Crippen LogP contribution is -2.52. The van der Waals surface area contributed by atoms with Crippen molar-refractivity contribution in [3.8, 4) is 46.4 Å². The van der Waals surface area contributed by atoms with Crippen LogP contribution in [0.25, 0.3) is 54.4 Å². The van der Waals surface area contributed by atoms with Gasteiger partial charge in [0.25, 0.3) is 5.56 Å². The van der Waals surface area contributed by atoms with Crippen molar-refractivity contribution in [1.82, 2.24) is 29.3 Å². The Bertz CT molecular complexity index is 3830. The maximum absolute atomic E-state index is 16.9. The highest BCUT2D eigenvalue weighted by Crippen LogP contribution is 2.47. The van der Waals surface area contributed by atoms with Crippen LogP contribution in [0.3, 0.4) is 0 Å². The van der Waals surface area contributed by atoms with E-state index in [1.54, 1.807) is 21.6 Å². The second-order valence-electron chi connectivity index (χ2n) is 20.5. The first kappa shape index (κ1) is 58.9. The molecule has 0 saturated carbocycles. The molecule has 5 aliphatic heterocycles. The summed E-state index contributed by atoms with van der Waals surface area (Å²) in [4.78, 5) is 56.8. The highest BCUT2D eigenvalue weighted by molar-refractivity contribution is 7.23. The number of halogens is 3. The van der Waals surface area contributed by atoms with Gasteiger partial charge < -0.3 is 39.4 Å². The molecule has 0 bridgehead atoms. The van der Waals surface area contributed by atoms with Gasteiger partial charge in [-0.3, -0.25) is 14.5 Å². The van der Waals surface area contributed by atoms with Gasteiger partial charge in [0.05, 0.1) is 68.4 Å². The van der Waals surface area contributed by atoms with Gasteiger partial charge >= 0.3 is 12.0 Å². The Labute approximate surface area is 483 Å². The van der Waals surface area contributed by atoms with Crippen molar-refractivity contribution in [3.05, 3.63) is 109 Å². The maximum Gasteiger partial charge on any atom is 0.340 e. The number of nitrogens with zero attached hydrogens (tertiary/aromatic N) is 9. The number of aryl methyl sites for hydroxylation is 1. The summed E-state index contributed by atoms with van der Waals surface area (Å²) in [5, 5.41) is 31.2. The van der Waals surface area contributed by atoms with E-state index in [1.807, 2.05) is 70.7 Å². The third-order valence-electron chi connectivity index (χ3n) is 16.0. The molecule has 3 N–H and O–H groups in total. The van der Waals surface area contributed by atoms with Crippen LogP contribution in [0.5, 0.6) is 11.8 Å². The van der Waals surface area contributed by atoms with Crippen LogP contribution in [-0.2, 0) is 33.9 Å². The molecular weight excluding hydrogens is 1090 g/mol. The Morgan fingerprint density at radius 1 is 1.04 bits per heavy atom. The lowest BCUT2D eigenvalue weighted by Gasteiger charge is -2.39. The van der Waals surface area contributed by atoms with Crippen molar-refractivity contribution >= 4 is 78.0 Å². The number of nitrogen functional groups attached to an aromatic ring is 1. The molecule has 17 nitrogen and oxygen atoms in total. The quantitative estimate of drug-likeness (QED) is 0.0698. The van der Waals surface area contributed by atoms with Gasteiger partial charge in [0.2, 0.25) is 6.41 Å². The largest absolute Gasteiger partial charge is 0.486 e. The zero-order valence-electron chi connectivity index (χ0n) is 47.0. The number of aliphatic hydroxyl groups is 1. The number of thiophene rings is 1. The number of carbonyl (C=O) groups is 2. The molecular formula is C61H65ClF2N10O7S. The zero-order valence-corrected chi connectivity index (χ0v) is 48.6. The van der Waals surface area contributed by atoms with Crippen LogP contribution >= 0.6 is 22.9 Å². The predicted octanol–water partition coefficient (Wildman–Crippen LogP) is 10.9. The monoisotopic (exact) mass is 1150 g/mol. The summed E-state index contributed by atoms with van der Waals surface area (Å²) in [5.41, 5.74) is 11.6. The fraction of sp³-hybridized carbons (Fsp3) is 0.410. The van der Waals surface area contributed by atoms with Crippen LogP contribution in [0.1, 0.15) is 114 Å². The normalized spacial score (nSPS) is 17.8. The summed E-state index contributed by atoms with van der Waals surface area (Å²) in [6.07, 6.45) is 4.20. The number of anilines is 2. The van der Waals surface area contributed by atoms with Crippen LogP contribution < -0.4 is 25.7 Å². The number of cyclic esters (lactones) is 1. The number of aromatic nitrogens is 4. The highest BCUT2D eigenvalue weighted by atomic mass is 35.5. The van der Waals surface area contributed by atoms with Gasteiger partial charge in [-0.15, -0.1) is 11.3 Å². The molecule has 3 unspecified atom stereocenters. The number of piperazine rings is 1. The molecule has 4 aromatic heterocycles. The number of aliphatic hydroxyl groups excluding tert-OH is 1. The van der Waals surface area contributed by atoms with E-state index in [0.717, 1.165) is 96.3 Å². The van der Waals surface area contributed by atoms with E-state index in [1.165, 1.54) is 12.1 Å². The Morgan fingerprint density at radius 3 is 2.46 bits per heavy atom. The fourth-order valence-corrected chi connectivity index (χ4v) is 13.1. The number of benzene rings is 3. The first-order valence-electron chi connectivity index (χ1n) is 27.8. The minimum atomic E-state index is -1.46. The van der Waals surface area contributed by atoms with Crippen molar-refractivity contribution < 1.29 is 37.7 Å². The first-order chi connectivity index (χ1) is 39.6. The molecule has 82 heavy (non-hydrogen) atoms. The van der Waals surface area contributed by atoms with Crippen molar-refractivity contribution in [2.45, 2.75) is 124 Å². The molecule has 3 aromatic carbocycles. The van der Waals surface area contributed by atoms with E-state index >= 15 is 4.39 Å². The summed E-state index contributed by atoms with van der Waals surface area (Å²) in [6.45, 7) is 21.6. The van der Waals surface area contributed by atoms with Gasteiger partial charge in [-0.05, 0) is 112 Å². The van der Waals surface area contributed by atoms with Crippen LogP contribution in [0, 0.1) is 34.3 Å². The summed E-state index contributed by atoms with van der Waals surface area (Å²) >= 11 is 7.73. The van der Waals surface area contributed by atoms with Crippen molar-refractivity contribution in [2.24, 2.45) is 0 Å². The summed E-state index contributed by atoms with van der Waals surface area (Å²) in [5.74, 6) is -0.985. The van der Waals surface area contributed by atoms with Gasteiger partial charge in [-0.25, -0.2) is 18.6 Å². The van der Waals surface area contributed by atoms with Crippen LogP contribution in [-0.4, -0.2) is 104 Å². The van der Waals surface area contributed by atoms with Crippen LogP contribution in [0.15, 0.2) is 59.4 Å². The van der Waals surface area contributed by atoms with E-state index in [2.05, 4.69) is 29.5 Å². The molecule has 0 aliphatic carbocycles. The molecule has 428 valence electrons. The predicted molar refractivity (Wildman–Crippen MR) is 314 cm³/mol. The molecule has 5 aliphatic rings. The molecule has 21 heteroatoms. The molecule has 3 atom stereocenters. The van der Waals surface area contributed by atoms with E-state index < -0.39 is 29.7 Å². The topological polar surface area (TPSA) is 226 Å². The molecule has 9 heterocycles. The van der Waals surface area contributed by atoms with Gasteiger partial charge in [0.15, 0.2) is 11.9 Å². The molecule has 12 rings (SSSR count). The van der Waals surface area contributed by atoms with Gasteiger partial charge in [-0.1, -0.05) is 58.9 Å². The van der Waals surface area contributed by atoms with Gasteiger partial charge in [-0.2, -0.15) is 20.5 Å². The summed E-state index contributed by atoms with van der Waals surface area (Å²) in [7, 11) is 0. The number of nitriles is 2. The average Bonchev–Trinajstić information content (AvgIpc) is 2.49. The standard InChI is InChI=1S/C32H29ClF2N8O2S.C25H24N2O5.2C2H6/c33-22-13-20-27(26(35)25(22)19-3-4-23(34)28-24(19)21(14-37)29(38)46-28)39-31(45-16-32-6-1-9-43(32)10-2-7-32)40-30(20)41-11-12-42(17-44)18(15-41)5-8-36;1-5-15-16-8-14(32-13(4)12(2)3)6-7-20(16)26-22-18(15)10-27-21(22)9-17-19(24(27)29)11-31-25(30)23(17)28;2*1-2/h3-4,13,17-18H,1-2,5-7,9-12,15-16,38H2;6-9,13,23,28H,2,5,10-11H2,1,3-4H3;2*1-2H3. The van der Waals surface area contributed by atoms with Gasteiger partial charge in [0.1, 0.15) is 53.3 Å². The van der Waals surface area contributed by atoms with E-state index in [9.17, 15) is 34.4 Å². The Morgan fingerprint density at radius 2 is 1.78 bits per heavy atom. The second kappa shape index (κ2) is 24.4. The van der Waals surface area contributed by atoms with E-state index in [-0.39, 0.29) is 85.1 Å². The lowest BCUT2D eigenvalue weighted by molar-refractivity contribution is -0.157. The average molecular weight is 1160 g/mol. The third kappa shape index (κ3) is 10.5. The number of hydrogen-bond donors (Lipinski definition) is 2. The Kier molecular flexibility index (Phi) is 17.5. The fourth-order valence-electron chi connectivity index (χ4n) is 11.8. The van der Waals surface area contributed by atoms with Gasteiger partial charge in [0, 0.05) is 52.5 Å². The highest BCUT2D eigenvalue weighted by Gasteiger charge is 2.45. The van der Waals surface area contributed by atoms with Crippen molar-refractivity contribution in [2.75, 3.05) is 50.0 Å². The Balaban J connectivity index is 0.000000197. The number of pyridine rings is 2. The van der Waals surface area contributed by atoms with E-state index in [0.29, 0.717) is 60.0 Å². The van der Waals surface area contributed by atoms with Crippen LogP contribution in [0.4, 0.5) is 19.6 Å². The molecule has 3 saturated heterocycles. The molecule has 0 spiro atoms. The number of carbonyl (C=O) groups excluding carboxylic acids is 2. The zero-order chi connectivity index (χ0) is 58.9. The number of ether oxygens (including phenoxy) is 3. The SMILES string of the molecule is C=C(C)C(C)Oc1ccc2nc3c(c(CC)c2c1)Cn1c-3cc2c(c1=O)COC(=O)C2O.CC.CC.N#CCC1CN(c2nc(OCC34CCCN3CCC4)nc3c(F)c(-c4ccc(F)c5sc(N)c(C#N)c45)c(Cl)cc23)CCN1C=O. The third-order valence-corrected chi connectivity index (χ3v) is 17.3. The molecule has 7 aromatic rings.